The third-order valence-corrected chi connectivity index (χ3v) is 4.83. The van der Waals surface area contributed by atoms with Gasteiger partial charge in [-0.1, -0.05) is 30.3 Å². The van der Waals surface area contributed by atoms with Crippen molar-refractivity contribution in [3.63, 3.8) is 0 Å². The molecule has 0 spiro atoms. The van der Waals surface area contributed by atoms with Crippen molar-refractivity contribution in [3.05, 3.63) is 54.6 Å². The summed E-state index contributed by atoms with van der Waals surface area (Å²) in [4.78, 5) is 18.3. The average molecular weight is 342 g/mol. The van der Waals surface area contributed by atoms with E-state index in [0.717, 1.165) is 18.4 Å². The molecule has 2 aromatic rings. The molecular formula is C19H26N4O2. The molecule has 1 aliphatic heterocycles. The first-order valence-corrected chi connectivity index (χ1v) is 8.87. The lowest BCUT2D eigenvalue weighted by Gasteiger charge is -2.35. The van der Waals surface area contributed by atoms with E-state index < -0.39 is 6.10 Å². The Labute approximate surface area is 148 Å². The first-order valence-electron chi connectivity index (χ1n) is 8.87. The van der Waals surface area contributed by atoms with Crippen LogP contribution in [-0.4, -0.2) is 44.7 Å². The summed E-state index contributed by atoms with van der Waals surface area (Å²) in [7, 11) is 0. The fraction of sp³-hybridized carbons (Fsp3) is 0.474. The summed E-state index contributed by atoms with van der Waals surface area (Å²) in [6, 6.07) is 9.78. The van der Waals surface area contributed by atoms with E-state index in [1.165, 1.54) is 0 Å². The molecule has 0 saturated carbocycles. The van der Waals surface area contributed by atoms with E-state index >= 15 is 0 Å². The molecule has 2 N–H and O–H groups in total. The molecule has 2 amide bonds. The van der Waals surface area contributed by atoms with E-state index in [4.69, 9.17) is 0 Å². The molecule has 25 heavy (non-hydrogen) atoms. The molecule has 3 rings (SSSR count). The van der Waals surface area contributed by atoms with Gasteiger partial charge in [0.15, 0.2) is 0 Å². The molecule has 1 saturated heterocycles. The van der Waals surface area contributed by atoms with Gasteiger partial charge in [-0.05, 0) is 31.2 Å². The number of aliphatic hydroxyl groups excluding tert-OH is 1. The minimum atomic E-state index is -0.452. The van der Waals surface area contributed by atoms with Crippen molar-refractivity contribution >= 4 is 6.03 Å². The number of likely N-dealkylation sites (tertiary alicyclic amines) is 1. The molecule has 0 aliphatic carbocycles. The Morgan fingerprint density at radius 3 is 2.68 bits per heavy atom. The Morgan fingerprint density at radius 2 is 2.04 bits per heavy atom. The van der Waals surface area contributed by atoms with Crippen molar-refractivity contribution in [2.45, 2.75) is 38.5 Å². The molecular weight excluding hydrogens is 316 g/mol. The van der Waals surface area contributed by atoms with E-state index in [1.807, 2.05) is 52.9 Å². The van der Waals surface area contributed by atoms with Crippen LogP contribution in [0.25, 0.3) is 0 Å². The van der Waals surface area contributed by atoms with Crippen LogP contribution in [0.5, 0.6) is 0 Å². The van der Waals surface area contributed by atoms with Crippen molar-refractivity contribution in [2.24, 2.45) is 5.92 Å². The first kappa shape index (κ1) is 17.5. The maximum Gasteiger partial charge on any atom is 0.317 e. The number of carbonyl (C=O) groups is 1. The SMILES string of the molecule is CC(Cn1ccnc1)NC(=O)N1CCC(C(O)c2ccccc2)CC1. The summed E-state index contributed by atoms with van der Waals surface area (Å²) in [5.41, 5.74) is 0.958. The van der Waals surface area contributed by atoms with Crippen LogP contribution in [0, 0.1) is 5.92 Å². The molecule has 1 aromatic carbocycles. The lowest BCUT2D eigenvalue weighted by atomic mass is 9.87. The van der Waals surface area contributed by atoms with E-state index in [1.54, 1.807) is 12.5 Å². The van der Waals surface area contributed by atoms with Gasteiger partial charge in [0.2, 0.25) is 0 Å². The summed E-state index contributed by atoms with van der Waals surface area (Å²) in [6.07, 6.45) is 6.56. The number of aromatic nitrogens is 2. The number of aliphatic hydroxyl groups is 1. The fourth-order valence-corrected chi connectivity index (χ4v) is 3.40. The number of urea groups is 1. The van der Waals surface area contributed by atoms with Gasteiger partial charge in [0, 0.05) is 38.1 Å². The number of benzene rings is 1. The van der Waals surface area contributed by atoms with Crippen LogP contribution < -0.4 is 5.32 Å². The number of hydrogen-bond donors (Lipinski definition) is 2. The average Bonchev–Trinajstić information content (AvgIpc) is 3.14. The van der Waals surface area contributed by atoms with Gasteiger partial charge in [-0.3, -0.25) is 0 Å². The molecule has 1 fully saturated rings. The van der Waals surface area contributed by atoms with Gasteiger partial charge in [-0.15, -0.1) is 0 Å². The van der Waals surface area contributed by atoms with Crippen LogP contribution in [0.3, 0.4) is 0 Å². The molecule has 6 heteroatoms. The molecule has 0 radical (unpaired) electrons. The number of imidazole rings is 1. The molecule has 1 aromatic heterocycles. The van der Waals surface area contributed by atoms with E-state index in [-0.39, 0.29) is 18.0 Å². The monoisotopic (exact) mass is 342 g/mol. The second-order valence-corrected chi connectivity index (χ2v) is 6.79. The van der Waals surface area contributed by atoms with Crippen molar-refractivity contribution in [3.8, 4) is 0 Å². The number of nitrogens with zero attached hydrogens (tertiary/aromatic N) is 3. The van der Waals surface area contributed by atoms with Gasteiger partial charge in [-0.2, -0.15) is 0 Å². The van der Waals surface area contributed by atoms with Crippen LogP contribution in [0.1, 0.15) is 31.4 Å². The maximum atomic E-state index is 12.4. The largest absolute Gasteiger partial charge is 0.388 e. The minimum absolute atomic E-state index is 0.0275. The Hall–Kier alpha value is -2.34. The van der Waals surface area contributed by atoms with E-state index in [0.29, 0.717) is 19.6 Å². The molecule has 0 bridgehead atoms. The summed E-state index contributed by atoms with van der Waals surface area (Å²) in [5.74, 6) is 0.204. The summed E-state index contributed by atoms with van der Waals surface area (Å²) in [5, 5.41) is 13.6. The highest BCUT2D eigenvalue weighted by Crippen LogP contribution is 2.30. The molecule has 6 nitrogen and oxygen atoms in total. The van der Waals surface area contributed by atoms with Crippen molar-refractivity contribution in [1.29, 1.82) is 0 Å². The van der Waals surface area contributed by atoms with Gasteiger partial charge >= 0.3 is 6.03 Å². The van der Waals surface area contributed by atoms with Crippen LogP contribution in [-0.2, 0) is 6.54 Å². The normalized spacial score (nSPS) is 17.9. The Bertz CT molecular complexity index is 651. The molecule has 2 atom stereocenters. The third kappa shape index (κ3) is 4.60. The molecule has 2 unspecified atom stereocenters. The van der Waals surface area contributed by atoms with Gasteiger partial charge in [0.05, 0.1) is 12.4 Å². The van der Waals surface area contributed by atoms with Crippen molar-refractivity contribution < 1.29 is 9.90 Å². The van der Waals surface area contributed by atoms with Gasteiger partial charge in [-0.25, -0.2) is 9.78 Å². The van der Waals surface area contributed by atoms with Gasteiger partial charge in [0.1, 0.15) is 0 Å². The topological polar surface area (TPSA) is 70.4 Å². The Morgan fingerprint density at radius 1 is 1.32 bits per heavy atom. The highest BCUT2D eigenvalue weighted by atomic mass is 16.3. The zero-order chi connectivity index (χ0) is 17.6. The van der Waals surface area contributed by atoms with Crippen molar-refractivity contribution in [2.75, 3.05) is 13.1 Å². The van der Waals surface area contributed by atoms with Crippen LogP contribution >= 0.6 is 0 Å². The first-order chi connectivity index (χ1) is 12.1. The van der Waals surface area contributed by atoms with Crippen molar-refractivity contribution in [1.82, 2.24) is 19.8 Å². The summed E-state index contributed by atoms with van der Waals surface area (Å²) >= 11 is 0. The second kappa shape index (κ2) is 8.16. The Kier molecular flexibility index (Phi) is 5.71. The number of piperidine rings is 1. The van der Waals surface area contributed by atoms with E-state index in [2.05, 4.69) is 10.3 Å². The predicted molar refractivity (Wildman–Crippen MR) is 95.9 cm³/mol. The van der Waals surface area contributed by atoms with Crippen LogP contribution in [0.2, 0.25) is 0 Å². The number of rotatable bonds is 5. The van der Waals surface area contributed by atoms with Gasteiger partial charge in [0.25, 0.3) is 0 Å². The van der Waals surface area contributed by atoms with E-state index in [9.17, 15) is 9.90 Å². The zero-order valence-corrected chi connectivity index (χ0v) is 14.6. The highest BCUT2D eigenvalue weighted by molar-refractivity contribution is 5.74. The minimum Gasteiger partial charge on any atom is -0.388 e. The van der Waals surface area contributed by atoms with Crippen LogP contribution in [0.4, 0.5) is 4.79 Å². The van der Waals surface area contributed by atoms with Gasteiger partial charge < -0.3 is 19.9 Å². The fourth-order valence-electron chi connectivity index (χ4n) is 3.40. The molecule has 2 heterocycles. The molecule has 1 aliphatic rings. The zero-order valence-electron chi connectivity index (χ0n) is 14.6. The maximum absolute atomic E-state index is 12.4. The third-order valence-electron chi connectivity index (χ3n) is 4.83. The predicted octanol–water partition coefficient (Wildman–Crippen LogP) is 2.43. The number of nitrogens with one attached hydrogen (secondary N) is 1. The molecule has 134 valence electrons. The quantitative estimate of drug-likeness (QED) is 0.877. The lowest BCUT2D eigenvalue weighted by molar-refractivity contribution is 0.0661. The van der Waals surface area contributed by atoms with Crippen LogP contribution in [0.15, 0.2) is 49.1 Å². The number of amides is 2. The second-order valence-electron chi connectivity index (χ2n) is 6.79. The number of carbonyl (C=O) groups excluding carboxylic acids is 1. The summed E-state index contributed by atoms with van der Waals surface area (Å²) < 4.78 is 1.95. The highest BCUT2D eigenvalue weighted by Gasteiger charge is 2.28. The smallest absolute Gasteiger partial charge is 0.317 e. The number of hydrogen-bond acceptors (Lipinski definition) is 3. The lowest BCUT2D eigenvalue weighted by Crippen LogP contribution is -2.48. The standard InChI is InChI=1S/C19H26N4O2/c1-15(13-22-12-9-20-14-22)21-19(25)23-10-7-17(8-11-23)18(24)16-5-3-2-4-6-16/h2-6,9,12,14-15,17-18,24H,7-8,10-11,13H2,1H3,(H,21,25). The summed E-state index contributed by atoms with van der Waals surface area (Å²) in [6.45, 7) is 4.05. The Balaban J connectivity index is 1.46.